The lowest BCUT2D eigenvalue weighted by Crippen LogP contribution is -2.54. The van der Waals surface area contributed by atoms with Crippen LogP contribution in [0.3, 0.4) is 0 Å². The second kappa shape index (κ2) is 10.1. The summed E-state index contributed by atoms with van der Waals surface area (Å²) < 4.78 is 0. The maximum atomic E-state index is 12.7. The van der Waals surface area contributed by atoms with Gasteiger partial charge in [-0.05, 0) is 37.8 Å². The van der Waals surface area contributed by atoms with Crippen LogP contribution in [0.1, 0.15) is 45.6 Å². The first-order valence-electron chi connectivity index (χ1n) is 10.6. The van der Waals surface area contributed by atoms with Crippen molar-refractivity contribution in [2.75, 3.05) is 24.5 Å². The van der Waals surface area contributed by atoms with Crippen LogP contribution in [0.2, 0.25) is 0 Å². The van der Waals surface area contributed by atoms with E-state index >= 15 is 0 Å². The summed E-state index contributed by atoms with van der Waals surface area (Å²) in [6.45, 7) is 10.6. The van der Waals surface area contributed by atoms with E-state index in [4.69, 9.17) is 10.2 Å². The molecule has 0 spiro atoms. The number of amides is 1. The minimum Gasteiger partial charge on any atom is -0.345 e. The average molecular weight is 426 g/mol. The number of nitrogens with zero attached hydrogens (tertiary/aromatic N) is 3. The highest BCUT2D eigenvalue weighted by molar-refractivity contribution is 7.14. The van der Waals surface area contributed by atoms with Gasteiger partial charge in [0.2, 0.25) is 5.91 Å². The first-order valence-corrected chi connectivity index (χ1v) is 11.5. The van der Waals surface area contributed by atoms with Crippen molar-refractivity contribution in [1.29, 1.82) is 5.26 Å². The van der Waals surface area contributed by atoms with Gasteiger partial charge in [-0.3, -0.25) is 4.79 Å². The highest BCUT2D eigenvalue weighted by Crippen LogP contribution is 2.32. The van der Waals surface area contributed by atoms with Gasteiger partial charge >= 0.3 is 0 Å². The molecule has 30 heavy (non-hydrogen) atoms. The van der Waals surface area contributed by atoms with Crippen molar-refractivity contribution >= 4 is 22.4 Å². The molecule has 2 heterocycles. The third-order valence-corrected chi connectivity index (χ3v) is 6.17. The quantitative estimate of drug-likeness (QED) is 0.660. The largest absolute Gasteiger partial charge is 0.345 e. The number of nitriles is 1. The van der Waals surface area contributed by atoms with Crippen LogP contribution < -0.4 is 15.5 Å². The van der Waals surface area contributed by atoms with Gasteiger partial charge in [-0.1, -0.05) is 32.0 Å². The van der Waals surface area contributed by atoms with Crippen LogP contribution in [-0.4, -0.2) is 42.6 Å². The number of carbonyl (C=O) groups is 1. The van der Waals surface area contributed by atoms with Gasteiger partial charge in [-0.15, -0.1) is 11.3 Å². The second-order valence-corrected chi connectivity index (χ2v) is 9.41. The predicted molar refractivity (Wildman–Crippen MR) is 123 cm³/mol. The summed E-state index contributed by atoms with van der Waals surface area (Å²) >= 11 is 1.67. The summed E-state index contributed by atoms with van der Waals surface area (Å²) in [5, 5.41) is 18.2. The molecule has 0 radical (unpaired) electrons. The fraction of sp³-hybridized carbons (Fsp3) is 0.522. The van der Waals surface area contributed by atoms with E-state index in [1.165, 1.54) is 0 Å². The zero-order valence-corrected chi connectivity index (χ0v) is 19.0. The van der Waals surface area contributed by atoms with Gasteiger partial charge in [0, 0.05) is 36.1 Å². The topological polar surface area (TPSA) is 81.0 Å². The van der Waals surface area contributed by atoms with Crippen LogP contribution >= 0.6 is 11.3 Å². The van der Waals surface area contributed by atoms with Crippen molar-refractivity contribution in [3.8, 4) is 17.3 Å². The molecule has 1 aliphatic heterocycles. The number of hydrogen-bond acceptors (Lipinski definition) is 6. The normalized spacial score (nSPS) is 20.1. The van der Waals surface area contributed by atoms with Crippen LogP contribution in [0.15, 0.2) is 29.6 Å². The molecule has 2 aromatic rings. The zero-order chi connectivity index (χ0) is 21.7. The summed E-state index contributed by atoms with van der Waals surface area (Å²) in [6.07, 6.45) is 0.736. The molecule has 1 saturated heterocycles. The van der Waals surface area contributed by atoms with Gasteiger partial charge < -0.3 is 15.5 Å². The van der Waals surface area contributed by atoms with E-state index in [2.05, 4.69) is 54.7 Å². The average Bonchev–Trinajstić information content (AvgIpc) is 3.20. The van der Waals surface area contributed by atoms with Crippen molar-refractivity contribution in [3.63, 3.8) is 0 Å². The Labute approximate surface area is 183 Å². The Bertz CT molecular complexity index is 893. The molecule has 0 aliphatic carbocycles. The Morgan fingerprint density at radius 2 is 2.10 bits per heavy atom. The maximum absolute atomic E-state index is 12.7. The van der Waals surface area contributed by atoms with E-state index in [0.29, 0.717) is 18.0 Å². The molecule has 3 unspecified atom stereocenters. The summed E-state index contributed by atoms with van der Waals surface area (Å²) in [5.74, 6) is 0.00508. The lowest BCUT2D eigenvalue weighted by atomic mass is 9.88. The fourth-order valence-electron chi connectivity index (χ4n) is 4.06. The molecule has 1 aliphatic rings. The molecular formula is C23H31N5OS. The highest BCUT2D eigenvalue weighted by atomic mass is 32.1. The number of benzene rings is 1. The molecule has 0 bridgehead atoms. The van der Waals surface area contributed by atoms with Crippen LogP contribution in [-0.2, 0) is 4.79 Å². The van der Waals surface area contributed by atoms with E-state index < -0.39 is 0 Å². The molecule has 2 N–H and O–H groups in total. The predicted octanol–water partition coefficient (Wildman–Crippen LogP) is 3.77. The number of thiazole rings is 1. The van der Waals surface area contributed by atoms with Crippen molar-refractivity contribution in [2.45, 2.75) is 52.1 Å². The number of carbonyl (C=O) groups excluding carboxylic acids is 1. The van der Waals surface area contributed by atoms with Gasteiger partial charge in [0.05, 0.1) is 17.7 Å². The van der Waals surface area contributed by atoms with Gasteiger partial charge in [0.25, 0.3) is 0 Å². The number of anilines is 1. The van der Waals surface area contributed by atoms with E-state index in [1.807, 2.05) is 24.3 Å². The minimum atomic E-state index is -0.272. The molecule has 1 aromatic heterocycles. The Balaban J connectivity index is 1.83. The Kier molecular flexibility index (Phi) is 7.46. The van der Waals surface area contributed by atoms with Crippen LogP contribution in [0, 0.1) is 17.2 Å². The van der Waals surface area contributed by atoms with Crippen LogP contribution in [0.25, 0.3) is 11.3 Å². The standard InChI is InChI=1S/C23H31N5OS/c1-15(2)10-20(22(29)25-9-8-24)18-6-5-7-19(11-18)21-14-30-23(27-21)28-12-16(3)26-17(4)13-28/h5-7,11,14-17,20,26H,9-10,12-13H2,1-4H3,(H,25,29). The van der Waals surface area contributed by atoms with Crippen molar-refractivity contribution in [2.24, 2.45) is 5.92 Å². The Morgan fingerprint density at radius 1 is 1.37 bits per heavy atom. The SMILES string of the molecule is CC(C)CC(C(=O)NCC#N)c1cccc(-c2csc(N3CC(C)NC(C)C3)n2)c1. The van der Waals surface area contributed by atoms with E-state index in [-0.39, 0.29) is 18.4 Å². The second-order valence-electron chi connectivity index (χ2n) is 8.57. The summed E-state index contributed by atoms with van der Waals surface area (Å²) in [6, 6.07) is 11.0. The van der Waals surface area contributed by atoms with Crippen LogP contribution in [0.5, 0.6) is 0 Å². The van der Waals surface area contributed by atoms with Gasteiger partial charge in [0.15, 0.2) is 5.13 Å². The monoisotopic (exact) mass is 425 g/mol. The number of rotatable bonds is 7. The first kappa shape index (κ1) is 22.3. The van der Waals surface area contributed by atoms with Crippen molar-refractivity contribution < 1.29 is 4.79 Å². The summed E-state index contributed by atoms with van der Waals surface area (Å²) in [5.41, 5.74) is 2.93. The third kappa shape index (κ3) is 5.59. The van der Waals surface area contributed by atoms with Gasteiger partial charge in [-0.2, -0.15) is 5.26 Å². The highest BCUT2D eigenvalue weighted by Gasteiger charge is 2.24. The maximum Gasteiger partial charge on any atom is 0.228 e. The molecule has 160 valence electrons. The van der Waals surface area contributed by atoms with E-state index in [0.717, 1.165) is 41.5 Å². The molecular weight excluding hydrogens is 394 g/mol. The molecule has 1 amide bonds. The lowest BCUT2D eigenvalue weighted by Gasteiger charge is -2.35. The zero-order valence-electron chi connectivity index (χ0n) is 18.2. The number of aromatic nitrogens is 1. The van der Waals surface area contributed by atoms with Crippen molar-refractivity contribution in [3.05, 3.63) is 35.2 Å². The number of piperazine rings is 1. The Morgan fingerprint density at radius 3 is 2.77 bits per heavy atom. The molecule has 7 heteroatoms. The fourth-order valence-corrected chi connectivity index (χ4v) is 4.91. The minimum absolute atomic E-state index is 0.0318. The number of hydrogen-bond donors (Lipinski definition) is 2. The summed E-state index contributed by atoms with van der Waals surface area (Å²) in [4.78, 5) is 19.9. The Hall–Kier alpha value is -2.43. The van der Waals surface area contributed by atoms with Gasteiger partial charge in [0.1, 0.15) is 6.54 Å². The van der Waals surface area contributed by atoms with Crippen molar-refractivity contribution in [1.82, 2.24) is 15.6 Å². The first-order chi connectivity index (χ1) is 14.4. The summed E-state index contributed by atoms with van der Waals surface area (Å²) in [7, 11) is 0. The molecule has 3 atom stereocenters. The van der Waals surface area contributed by atoms with Gasteiger partial charge in [-0.25, -0.2) is 4.98 Å². The molecule has 1 aromatic carbocycles. The smallest absolute Gasteiger partial charge is 0.228 e. The lowest BCUT2D eigenvalue weighted by molar-refractivity contribution is -0.122. The third-order valence-electron chi connectivity index (χ3n) is 5.27. The molecule has 0 saturated carbocycles. The molecule has 3 rings (SSSR count). The molecule has 1 fully saturated rings. The van der Waals surface area contributed by atoms with E-state index in [9.17, 15) is 4.79 Å². The molecule has 6 nitrogen and oxygen atoms in total. The van der Waals surface area contributed by atoms with E-state index in [1.54, 1.807) is 11.3 Å². The van der Waals surface area contributed by atoms with Crippen LogP contribution in [0.4, 0.5) is 5.13 Å². The number of nitrogens with one attached hydrogen (secondary N) is 2.